The number of rotatable bonds is 20. The SMILES string of the molecule is CC[C@@]1(OC(=O)CC2(CN(C(=O)[C@H](Cc3ccccc3)NC(=O)CCCCCN3C(=O)C=CC3=O)[C@@H](CC(C)C)C(N)=O)CCCCC2)C(=O)OCc2c1cc1n(c2=O)Cc2cc3c(Br)cccc3nc2-1. The van der Waals surface area contributed by atoms with E-state index in [0.717, 1.165) is 32.3 Å². The molecular formula is C54H61BrN6O10. The summed E-state index contributed by atoms with van der Waals surface area (Å²) in [7, 11) is 0. The zero-order valence-corrected chi connectivity index (χ0v) is 42.1. The van der Waals surface area contributed by atoms with Crippen molar-refractivity contribution >= 4 is 68.3 Å². The number of esters is 2. The van der Waals surface area contributed by atoms with Gasteiger partial charge in [-0.2, -0.15) is 0 Å². The molecule has 8 rings (SSSR count). The average molecular weight is 1030 g/mol. The van der Waals surface area contributed by atoms with Gasteiger partial charge in [-0.1, -0.05) is 98.8 Å². The van der Waals surface area contributed by atoms with Crippen LogP contribution in [0.2, 0.25) is 0 Å². The third kappa shape index (κ3) is 10.7. The van der Waals surface area contributed by atoms with E-state index in [9.17, 15) is 33.6 Å². The number of nitrogens with zero attached hydrogens (tertiary/aromatic N) is 4. The van der Waals surface area contributed by atoms with Crippen molar-refractivity contribution in [2.24, 2.45) is 17.1 Å². The molecule has 0 saturated heterocycles. The van der Waals surface area contributed by atoms with Crippen LogP contribution in [0.4, 0.5) is 0 Å². The fourth-order valence-electron chi connectivity index (χ4n) is 10.8. The number of halogens is 1. The van der Waals surface area contributed by atoms with Crippen molar-refractivity contribution in [2.45, 2.75) is 135 Å². The van der Waals surface area contributed by atoms with Crippen LogP contribution >= 0.6 is 15.9 Å². The minimum atomic E-state index is -1.97. The summed E-state index contributed by atoms with van der Waals surface area (Å²) in [4.78, 5) is 117. The van der Waals surface area contributed by atoms with E-state index < -0.39 is 46.9 Å². The number of fused-ring (bicyclic) bond motifs is 5. The molecule has 1 aliphatic carbocycles. The number of primary amides is 1. The number of aromatic nitrogens is 2. The second kappa shape index (κ2) is 21.5. The van der Waals surface area contributed by atoms with Gasteiger partial charge in [0.1, 0.15) is 18.7 Å². The highest BCUT2D eigenvalue weighted by molar-refractivity contribution is 9.10. The molecule has 3 atom stereocenters. The molecule has 16 nitrogen and oxygen atoms in total. The van der Waals surface area contributed by atoms with Crippen molar-refractivity contribution in [3.05, 3.63) is 110 Å². The van der Waals surface area contributed by atoms with Crippen molar-refractivity contribution < 1.29 is 43.0 Å². The van der Waals surface area contributed by atoms with Gasteiger partial charge in [0.15, 0.2) is 0 Å². The minimum absolute atomic E-state index is 0.0374. The summed E-state index contributed by atoms with van der Waals surface area (Å²) in [6, 6.07) is 16.4. The molecule has 17 heteroatoms. The Morgan fingerprint density at radius 2 is 1.68 bits per heavy atom. The van der Waals surface area contributed by atoms with Crippen LogP contribution in [0.3, 0.4) is 0 Å². The first-order valence-electron chi connectivity index (χ1n) is 24.7. The van der Waals surface area contributed by atoms with Crippen LogP contribution in [0, 0.1) is 11.3 Å². The molecule has 4 aromatic rings. The number of nitrogens with two attached hydrogens (primary N) is 1. The van der Waals surface area contributed by atoms with Gasteiger partial charge in [-0.25, -0.2) is 9.78 Å². The van der Waals surface area contributed by atoms with Crippen LogP contribution < -0.4 is 16.6 Å². The molecule has 0 radical (unpaired) electrons. The molecular weight excluding hydrogens is 973 g/mol. The molecule has 1 fully saturated rings. The number of carbonyl (C=O) groups excluding carboxylic acids is 7. The summed E-state index contributed by atoms with van der Waals surface area (Å²) in [5.41, 5.74) is 6.76. The fourth-order valence-corrected chi connectivity index (χ4v) is 11.3. The van der Waals surface area contributed by atoms with E-state index in [1.54, 1.807) is 17.6 Å². The molecule has 0 bridgehead atoms. The van der Waals surface area contributed by atoms with Gasteiger partial charge in [0.2, 0.25) is 23.3 Å². The molecule has 3 N–H and O–H groups in total. The normalized spacial score (nSPS) is 18.7. The molecule has 4 aliphatic rings. The second-order valence-electron chi connectivity index (χ2n) is 19.9. The largest absolute Gasteiger partial charge is 0.457 e. The first kappa shape index (κ1) is 50.9. The number of cyclic esters (lactones) is 1. The Hall–Kier alpha value is -6.49. The fraction of sp³-hybridized carbons (Fsp3) is 0.463. The summed E-state index contributed by atoms with van der Waals surface area (Å²) < 4.78 is 14.5. The van der Waals surface area contributed by atoms with Crippen LogP contribution in [-0.4, -0.2) is 86.0 Å². The van der Waals surface area contributed by atoms with E-state index in [1.165, 1.54) is 17.1 Å². The maximum absolute atomic E-state index is 15.3. The Kier molecular flexibility index (Phi) is 15.4. The Morgan fingerprint density at radius 3 is 2.37 bits per heavy atom. The zero-order valence-electron chi connectivity index (χ0n) is 40.5. The van der Waals surface area contributed by atoms with Gasteiger partial charge in [-0.05, 0) is 79.7 Å². The number of ether oxygens (including phenoxy) is 2. The summed E-state index contributed by atoms with van der Waals surface area (Å²) in [6.07, 6.45) is 7.35. The lowest BCUT2D eigenvalue weighted by Gasteiger charge is -2.44. The van der Waals surface area contributed by atoms with E-state index in [-0.39, 0.29) is 98.7 Å². The van der Waals surface area contributed by atoms with Crippen molar-refractivity contribution in [1.82, 2.24) is 24.7 Å². The highest BCUT2D eigenvalue weighted by Gasteiger charge is 2.52. The number of imide groups is 1. The van der Waals surface area contributed by atoms with Crippen LogP contribution in [0.5, 0.6) is 0 Å². The first-order chi connectivity index (χ1) is 34.0. The number of unbranched alkanes of at least 4 members (excludes halogenated alkanes) is 2. The average Bonchev–Trinajstić information content (AvgIpc) is 3.87. The summed E-state index contributed by atoms with van der Waals surface area (Å²) in [5, 5.41) is 3.85. The van der Waals surface area contributed by atoms with Crippen molar-refractivity contribution in [1.29, 1.82) is 0 Å². The summed E-state index contributed by atoms with van der Waals surface area (Å²) >= 11 is 3.61. The number of amides is 5. The maximum Gasteiger partial charge on any atom is 0.355 e. The molecule has 374 valence electrons. The van der Waals surface area contributed by atoms with E-state index in [2.05, 4.69) is 21.2 Å². The number of hydrogen-bond acceptors (Lipinski definition) is 11. The highest BCUT2D eigenvalue weighted by atomic mass is 79.9. The van der Waals surface area contributed by atoms with E-state index in [0.29, 0.717) is 61.9 Å². The summed E-state index contributed by atoms with van der Waals surface area (Å²) in [6.45, 7) is 5.68. The lowest BCUT2D eigenvalue weighted by atomic mass is 9.71. The van der Waals surface area contributed by atoms with E-state index in [4.69, 9.17) is 20.2 Å². The lowest BCUT2D eigenvalue weighted by Crippen LogP contribution is -2.59. The minimum Gasteiger partial charge on any atom is -0.457 e. The zero-order chi connectivity index (χ0) is 50.6. The first-order valence-corrected chi connectivity index (χ1v) is 25.5. The lowest BCUT2D eigenvalue weighted by molar-refractivity contribution is -0.191. The number of nitrogens with one attached hydrogen (secondary N) is 1. The Bertz CT molecular complexity index is 2840. The second-order valence-corrected chi connectivity index (χ2v) is 20.7. The standard InChI is InChI=1S/C54H61BrN6O10/c1-4-54(38-28-42-48-35(27-36-39(55)17-14-18-40(36)58-48)30-60(42)50(67)37(38)31-70-52(54)69)71-47(65)29-53(22-11-7-12-23-53)32-61(43(49(56)66)25-33(2)3)51(68)41(26-34-15-8-5-9-16-34)57-44(62)19-10-6-13-24-59-45(63)20-21-46(59)64/h5,8-9,14-18,20-21,27-28,33,41,43H,4,6-7,10-13,19,22-26,29-32H2,1-3H3,(H2,56,66)(H,57,62)/t41-,43-,54-/m0/s1. The highest BCUT2D eigenvalue weighted by Crippen LogP contribution is 2.45. The predicted molar refractivity (Wildman–Crippen MR) is 267 cm³/mol. The van der Waals surface area contributed by atoms with Crippen molar-refractivity contribution in [3.63, 3.8) is 0 Å². The number of hydrogen-bond donors (Lipinski definition) is 2. The smallest absolute Gasteiger partial charge is 0.355 e. The van der Waals surface area contributed by atoms with Crippen LogP contribution in [0.1, 0.15) is 120 Å². The topological polar surface area (TPSA) is 217 Å². The van der Waals surface area contributed by atoms with Gasteiger partial charge < -0.3 is 30.0 Å². The molecule has 71 heavy (non-hydrogen) atoms. The van der Waals surface area contributed by atoms with E-state index >= 15 is 4.79 Å². The molecule has 0 unspecified atom stereocenters. The monoisotopic (exact) mass is 1030 g/mol. The van der Waals surface area contributed by atoms with Gasteiger partial charge >= 0.3 is 11.9 Å². The number of benzene rings is 2. The molecule has 5 amide bonds. The van der Waals surface area contributed by atoms with Crippen LogP contribution in [0.15, 0.2) is 82.1 Å². The van der Waals surface area contributed by atoms with Crippen molar-refractivity contribution in [3.8, 4) is 11.4 Å². The molecule has 1 saturated carbocycles. The Labute approximate surface area is 420 Å². The molecule has 3 aliphatic heterocycles. The molecule has 2 aromatic heterocycles. The third-order valence-corrected chi connectivity index (χ3v) is 15.2. The van der Waals surface area contributed by atoms with Gasteiger partial charge in [0.05, 0.1) is 35.4 Å². The maximum atomic E-state index is 15.3. The van der Waals surface area contributed by atoms with Crippen LogP contribution in [0.25, 0.3) is 22.3 Å². The Balaban J connectivity index is 1.07. The van der Waals surface area contributed by atoms with Gasteiger partial charge in [-0.15, -0.1) is 0 Å². The predicted octanol–water partition coefficient (Wildman–Crippen LogP) is 6.68. The van der Waals surface area contributed by atoms with Crippen LogP contribution in [-0.2, 0) is 68.2 Å². The Morgan fingerprint density at radius 1 is 0.944 bits per heavy atom. The van der Waals surface area contributed by atoms with Gasteiger partial charge in [-0.3, -0.25) is 38.5 Å². The number of pyridine rings is 2. The van der Waals surface area contributed by atoms with Gasteiger partial charge in [0, 0.05) is 59.1 Å². The molecule has 0 spiro atoms. The summed E-state index contributed by atoms with van der Waals surface area (Å²) in [5.74, 6) is -3.97. The van der Waals surface area contributed by atoms with Crippen molar-refractivity contribution in [2.75, 3.05) is 13.1 Å². The van der Waals surface area contributed by atoms with E-state index in [1.807, 2.05) is 68.4 Å². The third-order valence-electron chi connectivity index (χ3n) is 14.5. The quantitative estimate of drug-likeness (QED) is 0.0476. The molecule has 2 aromatic carbocycles. The molecule has 5 heterocycles. The number of carbonyl (C=O) groups is 7. The van der Waals surface area contributed by atoms with Gasteiger partial charge in [0.25, 0.3) is 17.4 Å².